The van der Waals surface area contributed by atoms with Gasteiger partial charge in [-0.15, -0.1) is 4.91 Å². The summed E-state index contributed by atoms with van der Waals surface area (Å²) in [6, 6.07) is 23.1. The highest BCUT2D eigenvalue weighted by Gasteiger charge is 2.34. The molecule has 3 N–H and O–H groups in total. The molecule has 2 atom stereocenters. The Morgan fingerprint density at radius 1 is 0.865 bits per heavy atom. The lowest BCUT2D eigenvalue weighted by Gasteiger charge is -2.37. The molecule has 192 valence electrons. The van der Waals surface area contributed by atoms with Crippen molar-refractivity contribution in [2.45, 2.75) is 18.8 Å². The van der Waals surface area contributed by atoms with Gasteiger partial charge in [-0.3, -0.25) is 9.59 Å². The van der Waals surface area contributed by atoms with Crippen molar-refractivity contribution in [2.24, 2.45) is 5.18 Å². The molecule has 0 aliphatic carbocycles. The first-order valence-corrected chi connectivity index (χ1v) is 11.9. The van der Waals surface area contributed by atoms with Crippen LogP contribution in [-0.2, 0) is 16.1 Å². The molecular formula is C27H28N4O6. The van der Waals surface area contributed by atoms with Crippen molar-refractivity contribution in [2.75, 3.05) is 31.1 Å². The molecule has 0 spiro atoms. The minimum atomic E-state index is -1.89. The number of carbonyl (C=O) groups excluding carboxylic acids is 2. The second-order valence-electron chi connectivity index (χ2n) is 8.59. The lowest BCUT2D eigenvalue weighted by molar-refractivity contribution is -0.153. The molecule has 2 amide bonds. The average Bonchev–Trinajstić information content (AvgIpc) is 2.96. The van der Waals surface area contributed by atoms with Gasteiger partial charge >= 0.3 is 0 Å². The summed E-state index contributed by atoms with van der Waals surface area (Å²) in [5.41, 5.74) is 2.03. The summed E-state index contributed by atoms with van der Waals surface area (Å²) in [6.07, 6.45) is -3.74. The van der Waals surface area contributed by atoms with Gasteiger partial charge in [-0.25, -0.2) is 0 Å². The highest BCUT2D eigenvalue weighted by atomic mass is 16.5. The lowest BCUT2D eigenvalue weighted by atomic mass is 10.1. The Morgan fingerprint density at radius 3 is 2.24 bits per heavy atom. The molecule has 0 aromatic heterocycles. The fourth-order valence-electron chi connectivity index (χ4n) is 4.00. The quantitative estimate of drug-likeness (QED) is 0.382. The van der Waals surface area contributed by atoms with E-state index in [-0.39, 0.29) is 12.2 Å². The van der Waals surface area contributed by atoms with Gasteiger partial charge in [-0.05, 0) is 47.1 Å². The zero-order valence-electron chi connectivity index (χ0n) is 20.1. The number of amides is 2. The van der Waals surface area contributed by atoms with E-state index in [4.69, 9.17) is 4.74 Å². The number of piperazine rings is 1. The van der Waals surface area contributed by atoms with Crippen LogP contribution in [0.3, 0.4) is 0 Å². The average molecular weight is 505 g/mol. The molecule has 1 fully saturated rings. The van der Waals surface area contributed by atoms with Gasteiger partial charge < -0.3 is 30.1 Å². The molecule has 1 aliphatic heterocycles. The predicted octanol–water partition coefficient (Wildman–Crippen LogP) is 2.56. The number of benzene rings is 3. The molecule has 1 aliphatic rings. The highest BCUT2D eigenvalue weighted by Crippen LogP contribution is 2.25. The second kappa shape index (κ2) is 12.1. The predicted molar refractivity (Wildman–Crippen MR) is 138 cm³/mol. The molecule has 1 saturated heterocycles. The molecule has 1 heterocycles. The number of para-hydroxylation sites is 1. The van der Waals surface area contributed by atoms with Crippen LogP contribution in [0.25, 0.3) is 0 Å². The Morgan fingerprint density at radius 2 is 1.57 bits per heavy atom. The van der Waals surface area contributed by atoms with E-state index >= 15 is 0 Å². The van der Waals surface area contributed by atoms with Crippen LogP contribution in [0.5, 0.6) is 11.5 Å². The molecular weight excluding hydrogens is 476 g/mol. The van der Waals surface area contributed by atoms with E-state index in [9.17, 15) is 24.7 Å². The Labute approximate surface area is 214 Å². The maximum Gasteiger partial charge on any atom is 0.254 e. The normalized spacial score (nSPS) is 15.0. The molecule has 0 saturated carbocycles. The Hall–Kier alpha value is -4.28. The van der Waals surface area contributed by atoms with Crippen molar-refractivity contribution in [1.29, 1.82) is 0 Å². The summed E-state index contributed by atoms with van der Waals surface area (Å²) in [7, 11) is 0. The van der Waals surface area contributed by atoms with Gasteiger partial charge in [0.1, 0.15) is 17.2 Å². The number of aliphatic hydroxyl groups excluding tert-OH is 2. The zero-order valence-corrected chi connectivity index (χ0v) is 20.1. The molecule has 4 rings (SSSR count). The topological polar surface area (TPSA) is 132 Å². The lowest BCUT2D eigenvalue weighted by Crippen LogP contribution is -2.55. The Balaban J connectivity index is 1.24. The van der Waals surface area contributed by atoms with Crippen molar-refractivity contribution in [3.63, 3.8) is 0 Å². The first-order chi connectivity index (χ1) is 17.9. The molecule has 10 nitrogen and oxygen atoms in total. The minimum absolute atomic E-state index is 0.0807. The van der Waals surface area contributed by atoms with Crippen LogP contribution < -0.4 is 15.0 Å². The van der Waals surface area contributed by atoms with Gasteiger partial charge in [0.2, 0.25) is 0 Å². The largest absolute Gasteiger partial charge is 0.457 e. The molecule has 3 aromatic rings. The van der Waals surface area contributed by atoms with E-state index in [1.807, 2.05) is 30.3 Å². The number of nitroso groups, excluding NO2 is 1. The van der Waals surface area contributed by atoms with Crippen molar-refractivity contribution < 1.29 is 24.5 Å². The van der Waals surface area contributed by atoms with E-state index < -0.39 is 24.0 Å². The molecule has 0 radical (unpaired) electrons. The highest BCUT2D eigenvalue weighted by molar-refractivity contribution is 5.90. The zero-order chi connectivity index (χ0) is 26.2. The number of nitrogens with zero attached hydrogens (tertiary/aromatic N) is 3. The van der Waals surface area contributed by atoms with Crippen molar-refractivity contribution >= 4 is 23.2 Å². The van der Waals surface area contributed by atoms with Gasteiger partial charge in [0, 0.05) is 44.5 Å². The summed E-state index contributed by atoms with van der Waals surface area (Å²) in [6.45, 7) is 2.01. The number of hydrogen-bond donors (Lipinski definition) is 3. The fraction of sp³-hybridized carbons (Fsp3) is 0.259. The van der Waals surface area contributed by atoms with E-state index in [0.717, 1.165) is 5.69 Å². The van der Waals surface area contributed by atoms with Crippen LogP contribution in [0.2, 0.25) is 0 Å². The molecule has 3 aromatic carbocycles. The fourth-order valence-corrected chi connectivity index (χ4v) is 4.00. The van der Waals surface area contributed by atoms with Gasteiger partial charge in [0.05, 0.1) is 0 Å². The van der Waals surface area contributed by atoms with Gasteiger partial charge in [0.15, 0.2) is 12.2 Å². The van der Waals surface area contributed by atoms with Crippen molar-refractivity contribution in [3.05, 3.63) is 89.3 Å². The maximum absolute atomic E-state index is 12.7. The third kappa shape index (κ3) is 6.69. The number of nitrogens with one attached hydrogen (secondary N) is 1. The van der Waals surface area contributed by atoms with Crippen LogP contribution in [0.15, 0.2) is 84.0 Å². The SMILES string of the molecule is O=Nc1cccc(Oc2ccc(CNC(=O)[C@H](O)[C@@H](O)C(=O)N3CCN(c4ccccc4)CC3)cc2)c1. The second-order valence-corrected chi connectivity index (χ2v) is 8.59. The van der Waals surface area contributed by atoms with Crippen molar-refractivity contribution in [3.8, 4) is 11.5 Å². The first-order valence-electron chi connectivity index (χ1n) is 11.9. The summed E-state index contributed by atoms with van der Waals surface area (Å²) in [5, 5.41) is 26.0. The minimum Gasteiger partial charge on any atom is -0.457 e. The molecule has 0 bridgehead atoms. The Bertz CT molecular complexity index is 1210. The third-order valence-electron chi connectivity index (χ3n) is 6.08. The van der Waals surface area contributed by atoms with Crippen LogP contribution in [0.4, 0.5) is 11.4 Å². The number of rotatable bonds is 9. The van der Waals surface area contributed by atoms with Crippen LogP contribution in [0.1, 0.15) is 5.56 Å². The van der Waals surface area contributed by atoms with Gasteiger partial charge in [-0.2, -0.15) is 0 Å². The summed E-state index contributed by atoms with van der Waals surface area (Å²) >= 11 is 0. The summed E-state index contributed by atoms with van der Waals surface area (Å²) in [5.74, 6) is -0.541. The van der Waals surface area contributed by atoms with E-state index in [0.29, 0.717) is 43.2 Å². The molecule has 10 heteroatoms. The van der Waals surface area contributed by atoms with E-state index in [1.54, 1.807) is 42.5 Å². The molecule has 37 heavy (non-hydrogen) atoms. The van der Waals surface area contributed by atoms with Gasteiger partial charge in [0.25, 0.3) is 11.8 Å². The van der Waals surface area contributed by atoms with E-state index in [2.05, 4.69) is 15.4 Å². The maximum atomic E-state index is 12.7. The first kappa shape index (κ1) is 25.8. The summed E-state index contributed by atoms with van der Waals surface area (Å²) in [4.78, 5) is 39.3. The smallest absolute Gasteiger partial charge is 0.254 e. The van der Waals surface area contributed by atoms with Crippen LogP contribution >= 0.6 is 0 Å². The number of anilines is 1. The Kier molecular flexibility index (Phi) is 8.44. The summed E-state index contributed by atoms with van der Waals surface area (Å²) < 4.78 is 5.68. The molecule has 0 unspecified atom stereocenters. The number of carbonyl (C=O) groups is 2. The number of aliphatic hydroxyl groups is 2. The van der Waals surface area contributed by atoms with Gasteiger partial charge in [-0.1, -0.05) is 36.4 Å². The van der Waals surface area contributed by atoms with Crippen molar-refractivity contribution in [1.82, 2.24) is 10.2 Å². The van der Waals surface area contributed by atoms with Crippen LogP contribution in [0, 0.1) is 4.91 Å². The van der Waals surface area contributed by atoms with Crippen LogP contribution in [-0.4, -0.2) is 65.3 Å². The van der Waals surface area contributed by atoms with E-state index in [1.165, 1.54) is 11.0 Å². The number of hydrogen-bond acceptors (Lipinski definition) is 8. The third-order valence-corrected chi connectivity index (χ3v) is 6.08. The number of ether oxygens (including phenoxy) is 1. The standard InChI is InChI=1S/C27H28N4O6/c32-24(25(33)27(35)31-15-13-30(14-16-31)21-6-2-1-3-7-21)26(34)28-18-19-9-11-22(12-10-19)37-23-8-4-5-20(17-23)29-36/h1-12,17,24-25,32-33H,13-16,18H2,(H,28,34)/t24-,25-/m1/s1. The monoisotopic (exact) mass is 504 g/mol.